The Morgan fingerprint density at radius 3 is 2.32 bits per heavy atom. The zero-order valence-corrected chi connectivity index (χ0v) is 11.4. The van der Waals surface area contributed by atoms with Crippen LogP contribution in [0, 0.1) is 16.7 Å². The Morgan fingerprint density at radius 2 is 1.79 bits per heavy atom. The van der Waals surface area contributed by atoms with Gasteiger partial charge in [-0.1, -0.05) is 43.5 Å². The Hall–Kier alpha value is -1.33. The van der Waals surface area contributed by atoms with Crippen molar-refractivity contribution in [3.8, 4) is 6.07 Å². The van der Waals surface area contributed by atoms with Gasteiger partial charge in [-0.05, 0) is 36.3 Å². The molecule has 0 spiro atoms. The van der Waals surface area contributed by atoms with E-state index in [4.69, 9.17) is 4.74 Å². The first-order chi connectivity index (χ1) is 9.31. The summed E-state index contributed by atoms with van der Waals surface area (Å²) in [5.74, 6) is 0.764. The van der Waals surface area contributed by atoms with Gasteiger partial charge >= 0.3 is 0 Å². The van der Waals surface area contributed by atoms with E-state index in [1.54, 1.807) is 0 Å². The summed E-state index contributed by atoms with van der Waals surface area (Å²) in [7, 11) is 0. The fourth-order valence-corrected chi connectivity index (χ4v) is 3.29. The highest BCUT2D eigenvalue weighted by atomic mass is 16.5. The predicted molar refractivity (Wildman–Crippen MR) is 74.8 cm³/mol. The lowest BCUT2D eigenvalue weighted by Crippen LogP contribution is -2.43. The number of benzene rings is 1. The molecule has 1 heterocycles. The molecule has 0 bridgehead atoms. The number of nitrogens with zero attached hydrogens (tertiary/aromatic N) is 1. The molecule has 1 aromatic rings. The molecule has 2 nitrogen and oxygen atoms in total. The molecule has 2 heteroatoms. The minimum atomic E-state index is -0.258. The van der Waals surface area contributed by atoms with Crippen LogP contribution < -0.4 is 0 Å². The normalized spacial score (nSPS) is 22.5. The molecule has 100 valence electrons. The van der Waals surface area contributed by atoms with Crippen LogP contribution in [0.15, 0.2) is 24.3 Å². The Bertz CT molecular complexity index is 461. The zero-order valence-electron chi connectivity index (χ0n) is 11.4. The largest absolute Gasteiger partial charge is 0.378 e. The van der Waals surface area contributed by atoms with E-state index in [1.807, 2.05) is 0 Å². The van der Waals surface area contributed by atoms with Crippen molar-refractivity contribution in [1.29, 1.82) is 5.26 Å². The first-order valence-electron chi connectivity index (χ1n) is 7.39. The molecule has 2 aliphatic rings. The molecule has 2 fully saturated rings. The van der Waals surface area contributed by atoms with Crippen LogP contribution in [0.2, 0.25) is 0 Å². The van der Waals surface area contributed by atoms with Gasteiger partial charge in [-0.15, -0.1) is 0 Å². The van der Waals surface area contributed by atoms with E-state index in [2.05, 4.69) is 30.3 Å². The maximum Gasteiger partial charge on any atom is 0.108 e. The standard InChI is InChI=1S/C17H21NO/c18-11-17(12-19-13-17)10-14-6-8-16(9-7-14)15-4-2-1-3-5-15/h6-9,15H,1-5,10,12-13H2. The van der Waals surface area contributed by atoms with Crippen molar-refractivity contribution in [2.45, 2.75) is 44.4 Å². The average Bonchev–Trinajstić information content (AvgIpc) is 2.45. The van der Waals surface area contributed by atoms with Crippen LogP contribution in [0.4, 0.5) is 0 Å². The summed E-state index contributed by atoms with van der Waals surface area (Å²) in [5.41, 5.74) is 2.50. The van der Waals surface area contributed by atoms with E-state index in [0.29, 0.717) is 13.2 Å². The Kier molecular flexibility index (Phi) is 3.57. The van der Waals surface area contributed by atoms with Crippen molar-refractivity contribution in [3.05, 3.63) is 35.4 Å². The summed E-state index contributed by atoms with van der Waals surface area (Å²) in [6.07, 6.45) is 7.67. The molecule has 0 amide bonds. The third-order valence-corrected chi connectivity index (χ3v) is 4.59. The SMILES string of the molecule is N#CC1(Cc2ccc(C3CCCCC3)cc2)COC1. The van der Waals surface area contributed by atoms with Gasteiger partial charge in [-0.3, -0.25) is 0 Å². The summed E-state index contributed by atoms with van der Waals surface area (Å²) in [6.45, 7) is 1.18. The second-order valence-electron chi connectivity index (χ2n) is 6.14. The summed E-state index contributed by atoms with van der Waals surface area (Å²) in [5, 5.41) is 9.23. The number of ether oxygens (including phenoxy) is 1. The summed E-state index contributed by atoms with van der Waals surface area (Å²) in [6, 6.07) is 11.4. The van der Waals surface area contributed by atoms with Crippen LogP contribution in [0.25, 0.3) is 0 Å². The lowest BCUT2D eigenvalue weighted by atomic mass is 9.80. The van der Waals surface area contributed by atoms with Crippen LogP contribution in [-0.2, 0) is 11.2 Å². The first-order valence-corrected chi connectivity index (χ1v) is 7.39. The highest BCUT2D eigenvalue weighted by Crippen LogP contribution is 2.34. The van der Waals surface area contributed by atoms with E-state index in [9.17, 15) is 5.26 Å². The van der Waals surface area contributed by atoms with E-state index in [0.717, 1.165) is 12.3 Å². The second kappa shape index (κ2) is 5.35. The molecule has 1 aliphatic heterocycles. The van der Waals surface area contributed by atoms with Gasteiger partial charge in [0.25, 0.3) is 0 Å². The van der Waals surface area contributed by atoms with Gasteiger partial charge in [0.2, 0.25) is 0 Å². The molecule has 0 radical (unpaired) electrons. The number of hydrogen-bond acceptors (Lipinski definition) is 2. The van der Waals surface area contributed by atoms with Crippen LogP contribution in [0.5, 0.6) is 0 Å². The third-order valence-electron chi connectivity index (χ3n) is 4.59. The predicted octanol–water partition coefficient (Wildman–Crippen LogP) is 3.82. The van der Waals surface area contributed by atoms with Crippen LogP contribution in [0.1, 0.15) is 49.1 Å². The van der Waals surface area contributed by atoms with E-state index < -0.39 is 0 Å². The van der Waals surface area contributed by atoms with Crippen LogP contribution >= 0.6 is 0 Å². The van der Waals surface area contributed by atoms with E-state index in [-0.39, 0.29) is 5.41 Å². The maximum atomic E-state index is 9.23. The van der Waals surface area contributed by atoms with E-state index in [1.165, 1.54) is 43.2 Å². The number of rotatable bonds is 3. The van der Waals surface area contributed by atoms with Crippen molar-refractivity contribution in [1.82, 2.24) is 0 Å². The van der Waals surface area contributed by atoms with Gasteiger partial charge in [-0.25, -0.2) is 0 Å². The van der Waals surface area contributed by atoms with Gasteiger partial charge < -0.3 is 4.74 Å². The van der Waals surface area contributed by atoms with Crippen LogP contribution in [0.3, 0.4) is 0 Å². The highest BCUT2D eigenvalue weighted by Gasteiger charge is 2.38. The smallest absolute Gasteiger partial charge is 0.108 e. The zero-order chi connectivity index (χ0) is 13.1. The van der Waals surface area contributed by atoms with Gasteiger partial charge in [0.15, 0.2) is 0 Å². The molecule has 1 saturated carbocycles. The quantitative estimate of drug-likeness (QED) is 0.822. The minimum absolute atomic E-state index is 0.258. The molecule has 3 rings (SSSR count). The molecule has 0 N–H and O–H groups in total. The number of hydrogen-bond donors (Lipinski definition) is 0. The van der Waals surface area contributed by atoms with Gasteiger partial charge in [0, 0.05) is 0 Å². The molecule has 0 atom stereocenters. The van der Waals surface area contributed by atoms with Crippen molar-refractivity contribution >= 4 is 0 Å². The van der Waals surface area contributed by atoms with Crippen molar-refractivity contribution in [3.63, 3.8) is 0 Å². The fraction of sp³-hybridized carbons (Fsp3) is 0.588. The van der Waals surface area contributed by atoms with E-state index >= 15 is 0 Å². The fourth-order valence-electron chi connectivity index (χ4n) is 3.29. The van der Waals surface area contributed by atoms with Crippen molar-refractivity contribution in [2.24, 2.45) is 5.41 Å². The average molecular weight is 255 g/mol. The lowest BCUT2D eigenvalue weighted by molar-refractivity contribution is -0.0765. The Balaban J connectivity index is 1.67. The Morgan fingerprint density at radius 1 is 1.11 bits per heavy atom. The molecule has 0 aromatic heterocycles. The first kappa shape index (κ1) is 12.7. The Labute approximate surface area is 115 Å². The molecule has 1 aliphatic carbocycles. The topological polar surface area (TPSA) is 33.0 Å². The van der Waals surface area contributed by atoms with Gasteiger partial charge in [0.1, 0.15) is 5.41 Å². The lowest BCUT2D eigenvalue weighted by Gasteiger charge is -2.35. The molecule has 1 saturated heterocycles. The molecule has 0 unspecified atom stereocenters. The molecule has 19 heavy (non-hydrogen) atoms. The van der Waals surface area contributed by atoms with Gasteiger partial charge in [0.05, 0.1) is 19.3 Å². The van der Waals surface area contributed by atoms with Crippen molar-refractivity contribution < 1.29 is 4.74 Å². The molecular weight excluding hydrogens is 234 g/mol. The van der Waals surface area contributed by atoms with Gasteiger partial charge in [-0.2, -0.15) is 5.26 Å². The second-order valence-corrected chi connectivity index (χ2v) is 6.14. The van der Waals surface area contributed by atoms with Crippen molar-refractivity contribution in [2.75, 3.05) is 13.2 Å². The third kappa shape index (κ3) is 2.67. The summed E-state index contributed by atoms with van der Waals surface area (Å²) < 4.78 is 5.20. The number of nitriles is 1. The highest BCUT2D eigenvalue weighted by molar-refractivity contribution is 5.28. The minimum Gasteiger partial charge on any atom is -0.378 e. The van der Waals surface area contributed by atoms with Crippen LogP contribution in [-0.4, -0.2) is 13.2 Å². The summed E-state index contributed by atoms with van der Waals surface area (Å²) in [4.78, 5) is 0. The monoisotopic (exact) mass is 255 g/mol. The molecule has 1 aromatic carbocycles. The molecular formula is C17H21NO. The summed E-state index contributed by atoms with van der Waals surface area (Å²) >= 11 is 0. The maximum absolute atomic E-state index is 9.23.